The third-order valence-electron chi connectivity index (χ3n) is 4.58. The number of nitrogens with zero attached hydrogens (tertiary/aromatic N) is 1. The zero-order chi connectivity index (χ0) is 19.6. The number of amides is 1. The van der Waals surface area contributed by atoms with Gasteiger partial charge in [-0.05, 0) is 48.2 Å². The summed E-state index contributed by atoms with van der Waals surface area (Å²) in [5.74, 6) is 1.13. The molecule has 0 aliphatic carbocycles. The summed E-state index contributed by atoms with van der Waals surface area (Å²) in [5, 5.41) is 0.908. The maximum atomic E-state index is 12.7. The maximum absolute atomic E-state index is 12.7. The summed E-state index contributed by atoms with van der Waals surface area (Å²) in [6, 6.07) is 12.8. The number of rotatable bonds is 5. The van der Waals surface area contributed by atoms with Crippen molar-refractivity contribution in [1.82, 2.24) is 4.98 Å². The van der Waals surface area contributed by atoms with E-state index < -0.39 is 0 Å². The summed E-state index contributed by atoms with van der Waals surface area (Å²) < 4.78 is 10.5. The van der Waals surface area contributed by atoms with Crippen LogP contribution >= 0.6 is 0 Å². The number of aromatic nitrogens is 1. The zero-order valence-corrected chi connectivity index (χ0v) is 15.8. The van der Waals surface area contributed by atoms with Crippen molar-refractivity contribution in [2.24, 2.45) is 0 Å². The summed E-state index contributed by atoms with van der Waals surface area (Å²) in [5.41, 5.74) is 2.91. The van der Waals surface area contributed by atoms with Crippen LogP contribution in [0.4, 0.5) is 5.69 Å². The van der Waals surface area contributed by atoms with Gasteiger partial charge in [-0.3, -0.25) is 9.59 Å². The van der Waals surface area contributed by atoms with Gasteiger partial charge in [0.1, 0.15) is 0 Å². The normalized spacial score (nSPS) is 10.7. The summed E-state index contributed by atoms with van der Waals surface area (Å²) in [6.45, 7) is 1.76. The van der Waals surface area contributed by atoms with Crippen LogP contribution in [-0.2, 0) is 11.2 Å². The molecule has 1 aromatic heterocycles. The molecule has 0 fully saturated rings. The zero-order valence-electron chi connectivity index (χ0n) is 15.8. The van der Waals surface area contributed by atoms with Gasteiger partial charge in [0.25, 0.3) is 5.56 Å². The van der Waals surface area contributed by atoms with Crippen molar-refractivity contribution < 1.29 is 14.3 Å². The first-order chi connectivity index (χ1) is 12.9. The molecule has 140 valence electrons. The first-order valence-electron chi connectivity index (χ1n) is 8.54. The number of anilines is 1. The number of methoxy groups -OCH3 is 2. The number of likely N-dealkylation sites (N-methyl/N-ethyl adjacent to an activating group) is 1. The van der Waals surface area contributed by atoms with Crippen molar-refractivity contribution in [2.75, 3.05) is 26.2 Å². The molecule has 0 saturated heterocycles. The molecule has 0 aliphatic rings. The summed E-state index contributed by atoms with van der Waals surface area (Å²) in [4.78, 5) is 28.8. The second kappa shape index (κ2) is 7.53. The van der Waals surface area contributed by atoms with E-state index in [1.54, 1.807) is 45.2 Å². The van der Waals surface area contributed by atoms with Gasteiger partial charge in [-0.2, -0.15) is 0 Å². The van der Waals surface area contributed by atoms with Crippen LogP contribution in [0.15, 0.2) is 47.3 Å². The van der Waals surface area contributed by atoms with Crippen molar-refractivity contribution >= 4 is 22.5 Å². The Bertz CT molecular complexity index is 1060. The van der Waals surface area contributed by atoms with Gasteiger partial charge >= 0.3 is 0 Å². The van der Waals surface area contributed by atoms with Crippen molar-refractivity contribution in [1.29, 1.82) is 0 Å². The fourth-order valence-corrected chi connectivity index (χ4v) is 2.95. The number of pyridine rings is 1. The molecule has 2 aromatic carbocycles. The highest BCUT2D eigenvalue weighted by Crippen LogP contribution is 2.31. The van der Waals surface area contributed by atoms with E-state index in [-0.39, 0.29) is 17.9 Å². The Morgan fingerprint density at radius 1 is 1.04 bits per heavy atom. The Hall–Kier alpha value is -3.28. The van der Waals surface area contributed by atoms with E-state index in [1.807, 2.05) is 30.3 Å². The van der Waals surface area contributed by atoms with Gasteiger partial charge in [-0.15, -0.1) is 0 Å². The number of nitrogens with one attached hydrogen (secondary N) is 1. The van der Waals surface area contributed by atoms with Gasteiger partial charge in [0, 0.05) is 29.9 Å². The average molecular weight is 366 g/mol. The van der Waals surface area contributed by atoms with Gasteiger partial charge in [-0.25, -0.2) is 0 Å². The minimum Gasteiger partial charge on any atom is -0.493 e. The van der Waals surface area contributed by atoms with E-state index in [4.69, 9.17) is 9.47 Å². The lowest BCUT2D eigenvalue weighted by Gasteiger charge is -2.19. The van der Waals surface area contributed by atoms with Crippen molar-refractivity contribution in [3.63, 3.8) is 0 Å². The molecule has 1 heterocycles. The summed E-state index contributed by atoms with van der Waals surface area (Å²) >= 11 is 0. The fraction of sp³-hybridized carbons (Fsp3) is 0.238. The third kappa shape index (κ3) is 3.79. The van der Waals surface area contributed by atoms with Gasteiger partial charge in [0.2, 0.25) is 5.91 Å². The number of aryl methyl sites for hydroxylation is 1. The highest BCUT2D eigenvalue weighted by atomic mass is 16.5. The van der Waals surface area contributed by atoms with Crippen LogP contribution in [0.5, 0.6) is 11.5 Å². The molecule has 6 heteroatoms. The van der Waals surface area contributed by atoms with Crippen LogP contribution in [0.3, 0.4) is 0 Å². The SMILES string of the molecule is COc1ccc(N(C)C(=O)Cc2ccc3[nH]c(=O)c(C)cc3c2)cc1OC. The molecule has 0 bridgehead atoms. The van der Waals surface area contributed by atoms with Gasteiger partial charge in [-0.1, -0.05) is 6.07 Å². The van der Waals surface area contributed by atoms with E-state index in [2.05, 4.69) is 4.98 Å². The lowest BCUT2D eigenvalue weighted by atomic mass is 10.1. The van der Waals surface area contributed by atoms with E-state index >= 15 is 0 Å². The maximum Gasteiger partial charge on any atom is 0.251 e. The largest absolute Gasteiger partial charge is 0.493 e. The van der Waals surface area contributed by atoms with Crippen molar-refractivity contribution in [3.8, 4) is 11.5 Å². The fourth-order valence-electron chi connectivity index (χ4n) is 2.95. The van der Waals surface area contributed by atoms with Gasteiger partial charge in [0.15, 0.2) is 11.5 Å². The van der Waals surface area contributed by atoms with Gasteiger partial charge < -0.3 is 19.4 Å². The van der Waals surface area contributed by atoms with Crippen LogP contribution in [0.2, 0.25) is 0 Å². The number of carbonyl (C=O) groups is 1. The number of aromatic amines is 1. The highest BCUT2D eigenvalue weighted by molar-refractivity contribution is 5.95. The summed E-state index contributed by atoms with van der Waals surface area (Å²) in [7, 11) is 4.86. The first kappa shape index (κ1) is 18.5. The molecule has 3 aromatic rings. The standard InChI is InChI=1S/C21H22N2O4/c1-13-9-15-10-14(5-7-17(15)22-21(13)25)11-20(24)23(2)16-6-8-18(26-3)19(12-16)27-4/h5-10,12H,11H2,1-4H3,(H,22,25). The van der Waals surface area contributed by atoms with Crippen molar-refractivity contribution in [2.45, 2.75) is 13.3 Å². The van der Waals surface area contributed by atoms with E-state index in [1.165, 1.54) is 0 Å². The quantitative estimate of drug-likeness (QED) is 0.753. The van der Waals surface area contributed by atoms with Gasteiger partial charge in [0.05, 0.1) is 20.6 Å². The van der Waals surface area contributed by atoms with E-state index in [9.17, 15) is 9.59 Å². The molecule has 1 N–H and O–H groups in total. The minimum atomic E-state index is -0.0977. The molecule has 0 radical (unpaired) electrons. The van der Waals surface area contributed by atoms with Crippen LogP contribution in [0.1, 0.15) is 11.1 Å². The van der Waals surface area contributed by atoms with E-state index in [0.717, 1.165) is 22.2 Å². The average Bonchev–Trinajstić information content (AvgIpc) is 2.67. The number of ether oxygens (including phenoxy) is 2. The molecule has 0 unspecified atom stereocenters. The number of benzene rings is 2. The Morgan fingerprint density at radius 3 is 2.48 bits per heavy atom. The molecule has 0 saturated carbocycles. The molecular weight excluding hydrogens is 344 g/mol. The Balaban J connectivity index is 1.83. The highest BCUT2D eigenvalue weighted by Gasteiger charge is 2.15. The monoisotopic (exact) mass is 366 g/mol. The van der Waals surface area contributed by atoms with Crippen LogP contribution in [0, 0.1) is 6.92 Å². The number of hydrogen-bond donors (Lipinski definition) is 1. The summed E-state index contributed by atoms with van der Waals surface area (Å²) in [6.07, 6.45) is 0.249. The van der Waals surface area contributed by atoms with Crippen LogP contribution < -0.4 is 19.9 Å². The second-order valence-corrected chi connectivity index (χ2v) is 6.37. The molecule has 0 spiro atoms. The number of H-pyrrole nitrogens is 1. The Labute approximate surface area is 157 Å². The lowest BCUT2D eigenvalue weighted by molar-refractivity contribution is -0.117. The molecule has 0 atom stereocenters. The number of carbonyl (C=O) groups excluding carboxylic acids is 1. The van der Waals surface area contributed by atoms with Crippen molar-refractivity contribution in [3.05, 3.63) is 63.9 Å². The smallest absolute Gasteiger partial charge is 0.251 e. The minimum absolute atomic E-state index is 0.0530. The molecule has 6 nitrogen and oxygen atoms in total. The Kier molecular flexibility index (Phi) is 5.16. The first-order valence-corrected chi connectivity index (χ1v) is 8.54. The molecule has 27 heavy (non-hydrogen) atoms. The number of fused-ring (bicyclic) bond motifs is 1. The second-order valence-electron chi connectivity index (χ2n) is 6.37. The molecular formula is C21H22N2O4. The lowest BCUT2D eigenvalue weighted by Crippen LogP contribution is -2.27. The molecule has 0 aliphatic heterocycles. The van der Waals surface area contributed by atoms with Crippen LogP contribution in [-0.4, -0.2) is 32.2 Å². The predicted octanol–water partition coefficient (Wildman–Crippen LogP) is 3.06. The van der Waals surface area contributed by atoms with E-state index in [0.29, 0.717) is 17.1 Å². The van der Waals surface area contributed by atoms with Crippen LogP contribution in [0.25, 0.3) is 10.9 Å². The topological polar surface area (TPSA) is 71.6 Å². The predicted molar refractivity (Wildman–Crippen MR) is 106 cm³/mol. The molecule has 1 amide bonds. The number of hydrogen-bond acceptors (Lipinski definition) is 4. The molecule has 3 rings (SSSR count). The Morgan fingerprint density at radius 2 is 1.78 bits per heavy atom. The third-order valence-corrected chi connectivity index (χ3v) is 4.58.